The van der Waals surface area contributed by atoms with Gasteiger partial charge in [0.15, 0.2) is 18.9 Å². The van der Waals surface area contributed by atoms with Gasteiger partial charge in [0, 0.05) is 6.42 Å². The minimum atomic E-state index is -1.98. The minimum Gasteiger partial charge on any atom is -0.394 e. The average Bonchev–Trinajstić information content (AvgIpc) is 0.876. The van der Waals surface area contributed by atoms with Gasteiger partial charge in [-0.2, -0.15) is 0 Å². The van der Waals surface area contributed by atoms with Gasteiger partial charge in [-0.25, -0.2) is 0 Å². The molecule has 3 rings (SSSR count). The molecule has 3 heterocycles. The third kappa shape index (κ3) is 35.5. The van der Waals surface area contributed by atoms with E-state index in [9.17, 15) is 61.0 Å². The summed E-state index contributed by atoms with van der Waals surface area (Å²) in [5.41, 5.74) is 0. The molecule has 3 saturated heterocycles. The molecule has 12 N–H and O–H groups in total. The maximum absolute atomic E-state index is 13.4. The lowest BCUT2D eigenvalue weighted by Gasteiger charge is -2.48. The Hall–Kier alpha value is -2.25. The van der Waals surface area contributed by atoms with Crippen molar-refractivity contribution in [3.05, 3.63) is 48.6 Å². The fraction of sp³-hybridized carbons (Fsp3) is 0.875. The third-order valence-electron chi connectivity index (χ3n) is 18.1. The lowest BCUT2D eigenvalue weighted by Crippen LogP contribution is -2.66. The number of allylic oxidation sites excluding steroid dienone is 7. The number of ether oxygens (including phenoxy) is 6. The first kappa shape index (κ1) is 83.0. The Bertz CT molecular complexity index is 1840. The molecule has 17 unspecified atom stereocenters. The van der Waals surface area contributed by atoms with E-state index in [4.69, 9.17) is 28.4 Å². The summed E-state index contributed by atoms with van der Waals surface area (Å²) in [5, 5.41) is 121. The SMILES string of the molecule is CCCCCCC/C=C\C/C=C\C/C=C\CCCCCCCCCCCCCCCCCCC(=O)NC(COC1OC(CO)C(OC2OC(CO)C(OC3OC(CO)C(O)C(O)C3O)C(O)C2O)C(O)C1O)C(O)/C=C/CCCCCCCCCCCCCCC. The van der Waals surface area contributed by atoms with Crippen LogP contribution in [-0.4, -0.2) is 193 Å². The Labute approximate surface area is 548 Å². The van der Waals surface area contributed by atoms with Crippen LogP contribution >= 0.6 is 0 Å². The zero-order valence-electron chi connectivity index (χ0n) is 56.3. The summed E-state index contributed by atoms with van der Waals surface area (Å²) >= 11 is 0. The second kappa shape index (κ2) is 53.8. The van der Waals surface area contributed by atoms with Gasteiger partial charge in [0.25, 0.3) is 0 Å². The van der Waals surface area contributed by atoms with Gasteiger partial charge in [-0.3, -0.25) is 4.79 Å². The van der Waals surface area contributed by atoms with E-state index in [-0.39, 0.29) is 18.9 Å². The molecule has 3 fully saturated rings. The standard InChI is InChI=1S/C72H131NO18/c1-3-5-7-9-11-13-15-17-19-20-21-22-23-24-25-26-27-28-29-30-31-32-33-34-36-38-40-42-44-46-48-50-60(78)73-55(56(77)49-47-45-43-41-39-37-35-18-16-14-12-10-8-6-4-2)54-86-70-66(84)63(81)68(58(52-75)88-70)91-72-67(85)64(82)69(59(53-76)89-72)90-71-65(83)62(80)61(79)57(51-74)87-71/h15,17,20-21,23-24,47,49,55-59,61-72,74-77,79-85H,3-14,16,18-19,22,25-46,48,50-54H2,1-2H3,(H,73,78)/b17-15-,21-20-,24-23-,49-47+. The van der Waals surface area contributed by atoms with Crippen LogP contribution in [0.5, 0.6) is 0 Å². The van der Waals surface area contributed by atoms with E-state index >= 15 is 0 Å². The molecule has 17 atom stereocenters. The maximum atomic E-state index is 13.4. The topological polar surface area (TPSA) is 307 Å². The molecule has 0 spiro atoms. The van der Waals surface area contributed by atoms with Crippen LogP contribution in [0.15, 0.2) is 48.6 Å². The highest BCUT2D eigenvalue weighted by atomic mass is 16.8. The Morgan fingerprint density at radius 1 is 0.396 bits per heavy atom. The molecule has 3 aliphatic rings. The van der Waals surface area contributed by atoms with Crippen molar-refractivity contribution < 1.29 is 89.4 Å². The summed E-state index contributed by atoms with van der Waals surface area (Å²) in [4.78, 5) is 13.4. The van der Waals surface area contributed by atoms with Gasteiger partial charge in [-0.15, -0.1) is 0 Å². The molecule has 0 aromatic rings. The first-order valence-electron chi connectivity index (χ1n) is 36.4. The Morgan fingerprint density at radius 3 is 1.13 bits per heavy atom. The van der Waals surface area contributed by atoms with Crippen LogP contribution in [0, 0.1) is 0 Å². The molecule has 532 valence electrons. The van der Waals surface area contributed by atoms with Crippen molar-refractivity contribution >= 4 is 5.91 Å². The normalized spacial score (nSPS) is 28.1. The molecule has 91 heavy (non-hydrogen) atoms. The van der Waals surface area contributed by atoms with E-state index in [1.165, 1.54) is 186 Å². The summed E-state index contributed by atoms with van der Waals surface area (Å²) in [6.45, 7) is 1.73. The molecule has 0 radical (unpaired) electrons. The van der Waals surface area contributed by atoms with Gasteiger partial charge in [-0.05, 0) is 57.8 Å². The fourth-order valence-electron chi connectivity index (χ4n) is 12.2. The number of carbonyl (C=O) groups is 1. The summed E-state index contributed by atoms with van der Waals surface area (Å²) in [7, 11) is 0. The Kier molecular flexibility index (Phi) is 49.1. The molecular weight excluding hydrogens is 1170 g/mol. The molecule has 0 aromatic carbocycles. The molecule has 1 amide bonds. The van der Waals surface area contributed by atoms with Gasteiger partial charge in [0.1, 0.15) is 73.2 Å². The predicted octanol–water partition coefficient (Wildman–Crippen LogP) is 10.2. The molecule has 0 bridgehead atoms. The van der Waals surface area contributed by atoms with Gasteiger partial charge in [0.05, 0.1) is 38.6 Å². The average molecular weight is 1300 g/mol. The number of rotatable bonds is 56. The van der Waals surface area contributed by atoms with E-state index in [1.54, 1.807) is 6.08 Å². The zero-order chi connectivity index (χ0) is 66.1. The smallest absolute Gasteiger partial charge is 0.220 e. The van der Waals surface area contributed by atoms with Crippen LogP contribution in [0.3, 0.4) is 0 Å². The second-order valence-corrected chi connectivity index (χ2v) is 26.1. The lowest BCUT2D eigenvalue weighted by molar-refractivity contribution is -0.379. The summed E-state index contributed by atoms with van der Waals surface area (Å²) in [5.74, 6) is -0.274. The molecule has 19 nitrogen and oxygen atoms in total. The third-order valence-corrected chi connectivity index (χ3v) is 18.1. The van der Waals surface area contributed by atoms with Crippen LogP contribution in [0.25, 0.3) is 0 Å². The molecule has 0 aliphatic carbocycles. The summed E-state index contributed by atoms with van der Waals surface area (Å²) < 4.78 is 34.4. The fourth-order valence-corrected chi connectivity index (χ4v) is 12.2. The van der Waals surface area contributed by atoms with Crippen molar-refractivity contribution in [2.24, 2.45) is 0 Å². The van der Waals surface area contributed by atoms with Crippen molar-refractivity contribution in [3.8, 4) is 0 Å². The first-order chi connectivity index (χ1) is 44.3. The van der Waals surface area contributed by atoms with Crippen LogP contribution in [0.1, 0.15) is 271 Å². The van der Waals surface area contributed by atoms with E-state index in [0.29, 0.717) is 6.42 Å². The van der Waals surface area contributed by atoms with Crippen LogP contribution in [-0.2, 0) is 33.2 Å². The first-order valence-corrected chi connectivity index (χ1v) is 36.4. The monoisotopic (exact) mass is 1300 g/mol. The highest BCUT2D eigenvalue weighted by Gasteiger charge is 2.53. The number of nitrogens with one attached hydrogen (secondary N) is 1. The largest absolute Gasteiger partial charge is 0.394 e. The Balaban J connectivity index is 1.38. The van der Waals surface area contributed by atoms with Crippen molar-refractivity contribution in [1.29, 1.82) is 0 Å². The number of hydrogen-bond acceptors (Lipinski definition) is 18. The minimum absolute atomic E-state index is 0.244. The number of unbranched alkanes of at least 4 members (excludes halogenated alkanes) is 34. The van der Waals surface area contributed by atoms with Crippen LogP contribution < -0.4 is 5.32 Å². The van der Waals surface area contributed by atoms with E-state index < -0.39 is 124 Å². The van der Waals surface area contributed by atoms with Gasteiger partial charge >= 0.3 is 0 Å². The van der Waals surface area contributed by atoms with E-state index in [0.717, 1.165) is 57.8 Å². The molecule has 0 saturated carbocycles. The van der Waals surface area contributed by atoms with Crippen molar-refractivity contribution in [2.45, 2.75) is 375 Å². The number of amides is 1. The molecule has 0 aromatic heterocycles. The quantitative estimate of drug-likeness (QED) is 0.0199. The molecular formula is C72H131NO18. The maximum Gasteiger partial charge on any atom is 0.220 e. The van der Waals surface area contributed by atoms with Crippen molar-refractivity contribution in [3.63, 3.8) is 0 Å². The second-order valence-electron chi connectivity index (χ2n) is 26.1. The number of carbonyl (C=O) groups excluding carboxylic acids is 1. The Morgan fingerprint density at radius 2 is 0.725 bits per heavy atom. The van der Waals surface area contributed by atoms with Gasteiger partial charge < -0.3 is 89.9 Å². The highest BCUT2D eigenvalue weighted by Crippen LogP contribution is 2.33. The zero-order valence-corrected chi connectivity index (χ0v) is 56.3. The van der Waals surface area contributed by atoms with Crippen molar-refractivity contribution in [2.75, 3.05) is 26.4 Å². The van der Waals surface area contributed by atoms with Crippen LogP contribution in [0.4, 0.5) is 0 Å². The van der Waals surface area contributed by atoms with Gasteiger partial charge in [0.2, 0.25) is 5.91 Å². The van der Waals surface area contributed by atoms with Gasteiger partial charge in [-0.1, -0.05) is 255 Å². The lowest BCUT2D eigenvalue weighted by atomic mass is 9.96. The molecule has 3 aliphatic heterocycles. The summed E-state index contributed by atoms with van der Waals surface area (Å²) in [6, 6.07) is -0.973. The van der Waals surface area contributed by atoms with Crippen LogP contribution in [0.2, 0.25) is 0 Å². The number of hydrogen-bond donors (Lipinski definition) is 12. The number of aliphatic hydroxyl groups excluding tert-OH is 11. The number of aliphatic hydroxyl groups is 11. The summed E-state index contributed by atoms with van der Waals surface area (Å²) in [6.07, 6.45) is 38.1. The predicted molar refractivity (Wildman–Crippen MR) is 356 cm³/mol. The molecule has 19 heteroatoms. The van der Waals surface area contributed by atoms with E-state index in [2.05, 4.69) is 55.6 Å². The van der Waals surface area contributed by atoms with Crippen molar-refractivity contribution in [1.82, 2.24) is 5.32 Å². The highest BCUT2D eigenvalue weighted by molar-refractivity contribution is 5.76. The van der Waals surface area contributed by atoms with E-state index in [1.807, 2.05) is 6.08 Å².